The molecular formula is C15H23N3O4S. The van der Waals surface area contributed by atoms with Crippen molar-refractivity contribution in [3.63, 3.8) is 0 Å². The minimum Gasteiger partial charge on any atom is -0.492 e. The van der Waals surface area contributed by atoms with Gasteiger partial charge in [0, 0.05) is 19.1 Å². The van der Waals surface area contributed by atoms with Crippen LogP contribution in [0.15, 0.2) is 24.3 Å². The van der Waals surface area contributed by atoms with Crippen LogP contribution in [0.2, 0.25) is 0 Å². The molecule has 0 radical (unpaired) electrons. The molecule has 23 heavy (non-hydrogen) atoms. The van der Waals surface area contributed by atoms with Gasteiger partial charge in [-0.1, -0.05) is 12.1 Å². The molecule has 1 fully saturated rings. The first-order valence-electron chi connectivity index (χ1n) is 7.64. The molecule has 1 atom stereocenters. The van der Waals surface area contributed by atoms with Crippen LogP contribution in [0, 0.1) is 0 Å². The van der Waals surface area contributed by atoms with Gasteiger partial charge in [-0.2, -0.15) is 0 Å². The molecule has 0 bridgehead atoms. The summed E-state index contributed by atoms with van der Waals surface area (Å²) in [5.41, 5.74) is 0.586. The van der Waals surface area contributed by atoms with Gasteiger partial charge in [-0.15, -0.1) is 0 Å². The van der Waals surface area contributed by atoms with Gasteiger partial charge in [0.25, 0.3) is 0 Å². The number of carbonyl (C=O) groups excluding carboxylic acids is 1. The number of para-hydroxylation sites is 2. The van der Waals surface area contributed by atoms with Crippen molar-refractivity contribution in [2.24, 2.45) is 0 Å². The molecule has 0 aromatic heterocycles. The molecule has 7 nitrogen and oxygen atoms in total. The van der Waals surface area contributed by atoms with E-state index in [1.165, 1.54) is 10.6 Å². The van der Waals surface area contributed by atoms with Crippen molar-refractivity contribution in [1.29, 1.82) is 0 Å². The van der Waals surface area contributed by atoms with Gasteiger partial charge in [0.1, 0.15) is 5.75 Å². The van der Waals surface area contributed by atoms with Gasteiger partial charge in [0.15, 0.2) is 0 Å². The Balaban J connectivity index is 1.95. The van der Waals surface area contributed by atoms with Crippen molar-refractivity contribution in [2.45, 2.75) is 25.8 Å². The highest BCUT2D eigenvalue weighted by Crippen LogP contribution is 2.23. The number of ether oxygens (including phenoxy) is 1. The Kier molecular flexibility index (Phi) is 5.84. The Hall–Kier alpha value is -1.80. The molecule has 2 amide bonds. The molecule has 1 saturated heterocycles. The van der Waals surface area contributed by atoms with Crippen molar-refractivity contribution in [3.05, 3.63) is 24.3 Å². The number of sulfonamides is 1. The number of carbonyl (C=O) groups is 1. The van der Waals surface area contributed by atoms with Crippen LogP contribution in [0.5, 0.6) is 5.75 Å². The van der Waals surface area contributed by atoms with Gasteiger partial charge in [0.05, 0.1) is 18.6 Å². The standard InChI is InChI=1S/C15H23N3O4S/c1-3-22-14-9-5-4-8-13(14)17-15(19)16-12-7-6-10-18(11-12)23(2,20)21/h4-5,8-9,12H,3,6-7,10-11H2,1-2H3,(H2,16,17,19)/t12-/m1/s1. The number of hydrogen-bond donors (Lipinski definition) is 2. The second-order valence-electron chi connectivity index (χ2n) is 5.49. The predicted octanol–water partition coefficient (Wildman–Crippen LogP) is 1.63. The zero-order chi connectivity index (χ0) is 16.9. The van der Waals surface area contributed by atoms with Crippen LogP contribution >= 0.6 is 0 Å². The Bertz CT molecular complexity index is 648. The van der Waals surface area contributed by atoms with Crippen molar-refractivity contribution in [1.82, 2.24) is 9.62 Å². The van der Waals surface area contributed by atoms with E-state index < -0.39 is 10.0 Å². The van der Waals surface area contributed by atoms with E-state index in [4.69, 9.17) is 4.74 Å². The number of benzene rings is 1. The molecule has 1 aromatic rings. The number of nitrogens with one attached hydrogen (secondary N) is 2. The molecule has 128 valence electrons. The lowest BCUT2D eigenvalue weighted by Crippen LogP contribution is -2.50. The van der Waals surface area contributed by atoms with E-state index in [1.54, 1.807) is 12.1 Å². The number of nitrogens with zero attached hydrogens (tertiary/aromatic N) is 1. The number of urea groups is 1. The maximum atomic E-state index is 12.1. The van der Waals surface area contributed by atoms with Crippen molar-refractivity contribution < 1.29 is 17.9 Å². The quantitative estimate of drug-likeness (QED) is 0.852. The summed E-state index contributed by atoms with van der Waals surface area (Å²) in [4.78, 5) is 12.1. The lowest BCUT2D eigenvalue weighted by atomic mass is 10.1. The molecule has 2 rings (SSSR count). The number of rotatable bonds is 5. The van der Waals surface area contributed by atoms with Crippen molar-refractivity contribution >= 4 is 21.7 Å². The molecule has 2 N–H and O–H groups in total. The largest absolute Gasteiger partial charge is 0.492 e. The molecule has 0 spiro atoms. The van der Waals surface area contributed by atoms with E-state index in [9.17, 15) is 13.2 Å². The lowest BCUT2D eigenvalue weighted by Gasteiger charge is -2.31. The highest BCUT2D eigenvalue weighted by atomic mass is 32.2. The summed E-state index contributed by atoms with van der Waals surface area (Å²) in [6.07, 6.45) is 2.67. The number of piperidine rings is 1. The van der Waals surface area contributed by atoms with Gasteiger partial charge in [-0.25, -0.2) is 17.5 Å². The number of amides is 2. The molecule has 1 heterocycles. The first kappa shape index (κ1) is 17.6. The third kappa shape index (κ3) is 5.11. The van der Waals surface area contributed by atoms with Crippen LogP contribution in [-0.4, -0.2) is 50.7 Å². The summed E-state index contributed by atoms with van der Waals surface area (Å²) in [7, 11) is -3.23. The molecule has 1 aliphatic heterocycles. The zero-order valence-electron chi connectivity index (χ0n) is 13.4. The number of hydrogen-bond acceptors (Lipinski definition) is 4. The first-order valence-corrected chi connectivity index (χ1v) is 9.49. The maximum Gasteiger partial charge on any atom is 0.319 e. The first-order chi connectivity index (χ1) is 10.9. The average Bonchev–Trinajstić information content (AvgIpc) is 2.49. The monoisotopic (exact) mass is 341 g/mol. The van der Waals surface area contributed by atoms with Gasteiger partial charge >= 0.3 is 6.03 Å². The molecule has 1 aromatic carbocycles. The number of anilines is 1. The smallest absolute Gasteiger partial charge is 0.319 e. The summed E-state index contributed by atoms with van der Waals surface area (Å²) in [5.74, 6) is 0.603. The average molecular weight is 341 g/mol. The van der Waals surface area contributed by atoms with E-state index >= 15 is 0 Å². The van der Waals surface area contributed by atoms with Crippen LogP contribution in [0.1, 0.15) is 19.8 Å². The minimum atomic E-state index is -3.23. The van der Waals surface area contributed by atoms with E-state index in [0.29, 0.717) is 31.1 Å². The molecule has 0 saturated carbocycles. The Morgan fingerprint density at radius 3 is 2.83 bits per heavy atom. The van der Waals surface area contributed by atoms with Crippen LogP contribution in [0.25, 0.3) is 0 Å². The van der Waals surface area contributed by atoms with Crippen LogP contribution in [0.3, 0.4) is 0 Å². The fraction of sp³-hybridized carbons (Fsp3) is 0.533. The fourth-order valence-corrected chi connectivity index (χ4v) is 3.47. The molecule has 1 aliphatic rings. The van der Waals surface area contributed by atoms with Crippen LogP contribution in [-0.2, 0) is 10.0 Å². The molecular weight excluding hydrogens is 318 g/mol. The summed E-state index contributed by atoms with van der Waals surface area (Å²) in [6.45, 7) is 3.19. The van der Waals surface area contributed by atoms with Crippen molar-refractivity contribution in [3.8, 4) is 5.75 Å². The summed E-state index contributed by atoms with van der Waals surface area (Å²) >= 11 is 0. The second kappa shape index (κ2) is 7.65. The third-order valence-electron chi connectivity index (χ3n) is 3.62. The summed E-state index contributed by atoms with van der Waals surface area (Å²) in [6, 6.07) is 6.62. The van der Waals surface area contributed by atoms with Crippen LogP contribution < -0.4 is 15.4 Å². The zero-order valence-corrected chi connectivity index (χ0v) is 14.2. The lowest BCUT2D eigenvalue weighted by molar-refractivity contribution is 0.236. The maximum absolute atomic E-state index is 12.1. The van der Waals surface area contributed by atoms with E-state index in [0.717, 1.165) is 12.8 Å². The molecule has 0 unspecified atom stereocenters. The van der Waals surface area contributed by atoms with Gasteiger partial charge in [0.2, 0.25) is 10.0 Å². The molecule has 8 heteroatoms. The van der Waals surface area contributed by atoms with Gasteiger partial charge in [-0.05, 0) is 31.9 Å². The Labute approximate surface area is 137 Å². The van der Waals surface area contributed by atoms with E-state index in [2.05, 4.69) is 10.6 Å². The Morgan fingerprint density at radius 1 is 1.39 bits per heavy atom. The van der Waals surface area contributed by atoms with E-state index in [1.807, 2.05) is 19.1 Å². The van der Waals surface area contributed by atoms with Gasteiger partial charge in [-0.3, -0.25) is 0 Å². The second-order valence-corrected chi connectivity index (χ2v) is 7.47. The fourth-order valence-electron chi connectivity index (χ4n) is 2.56. The highest BCUT2D eigenvalue weighted by molar-refractivity contribution is 7.88. The SMILES string of the molecule is CCOc1ccccc1NC(=O)N[C@@H]1CCCN(S(C)(=O)=O)C1. The normalized spacial score (nSPS) is 19.1. The Morgan fingerprint density at radius 2 is 2.13 bits per heavy atom. The third-order valence-corrected chi connectivity index (χ3v) is 4.89. The highest BCUT2D eigenvalue weighted by Gasteiger charge is 2.26. The molecule has 0 aliphatic carbocycles. The summed E-state index contributed by atoms with van der Waals surface area (Å²) in [5, 5.41) is 5.58. The van der Waals surface area contributed by atoms with Crippen LogP contribution in [0.4, 0.5) is 10.5 Å². The summed E-state index contributed by atoms with van der Waals surface area (Å²) < 4.78 is 30.1. The predicted molar refractivity (Wildman–Crippen MR) is 89.2 cm³/mol. The minimum absolute atomic E-state index is 0.197. The van der Waals surface area contributed by atoms with Crippen molar-refractivity contribution in [2.75, 3.05) is 31.3 Å². The van der Waals surface area contributed by atoms with Gasteiger partial charge < -0.3 is 15.4 Å². The van der Waals surface area contributed by atoms with E-state index in [-0.39, 0.29) is 12.1 Å². The topological polar surface area (TPSA) is 87.7 Å².